The zero-order valence-corrected chi connectivity index (χ0v) is 15.3. The summed E-state index contributed by atoms with van der Waals surface area (Å²) in [4.78, 5) is 14.2. The van der Waals surface area contributed by atoms with Crippen LogP contribution in [0, 0.1) is 0 Å². The van der Waals surface area contributed by atoms with Crippen molar-refractivity contribution in [2.45, 2.75) is 11.7 Å². The zero-order valence-electron chi connectivity index (χ0n) is 14.4. The van der Waals surface area contributed by atoms with Crippen LogP contribution in [0.3, 0.4) is 0 Å². The minimum absolute atomic E-state index is 0.107. The van der Waals surface area contributed by atoms with E-state index in [1.165, 1.54) is 11.1 Å². The number of hydrogen-bond donors (Lipinski definition) is 1. The number of amides is 1. The van der Waals surface area contributed by atoms with E-state index in [1.54, 1.807) is 11.8 Å². The Balaban J connectivity index is 1.91. The van der Waals surface area contributed by atoms with Gasteiger partial charge in [0.05, 0.1) is 11.0 Å². The molecule has 0 spiro atoms. The van der Waals surface area contributed by atoms with Crippen molar-refractivity contribution in [1.82, 2.24) is 10.2 Å². The summed E-state index contributed by atoms with van der Waals surface area (Å²) in [5, 5.41) is 3.19. The Morgan fingerprint density at radius 1 is 1.00 bits per heavy atom. The normalized spacial score (nSPS) is 11.0. The van der Waals surface area contributed by atoms with E-state index in [9.17, 15) is 4.79 Å². The maximum Gasteiger partial charge on any atom is 0.230 e. The highest BCUT2D eigenvalue weighted by Gasteiger charge is 2.16. The summed E-state index contributed by atoms with van der Waals surface area (Å²) in [7, 11) is 4.09. The van der Waals surface area contributed by atoms with Gasteiger partial charge in [-0.1, -0.05) is 60.7 Å². The maximum absolute atomic E-state index is 12.1. The third kappa shape index (κ3) is 6.38. The minimum Gasteiger partial charge on any atom is -0.355 e. The Morgan fingerprint density at radius 2 is 1.54 bits per heavy atom. The highest BCUT2D eigenvalue weighted by atomic mass is 32.2. The summed E-state index contributed by atoms with van der Waals surface area (Å²) in [6.07, 6.45) is 0.976. The van der Waals surface area contributed by atoms with Gasteiger partial charge < -0.3 is 10.2 Å². The topological polar surface area (TPSA) is 32.3 Å². The maximum atomic E-state index is 12.1. The van der Waals surface area contributed by atoms with Crippen molar-refractivity contribution in [2.24, 2.45) is 0 Å². The number of carbonyl (C=O) groups excluding carboxylic acids is 1. The van der Waals surface area contributed by atoms with Crippen molar-refractivity contribution in [3.8, 4) is 0 Å². The van der Waals surface area contributed by atoms with Gasteiger partial charge in [-0.25, -0.2) is 0 Å². The van der Waals surface area contributed by atoms with Gasteiger partial charge in [0.1, 0.15) is 0 Å². The molecule has 24 heavy (non-hydrogen) atoms. The molecule has 0 bridgehead atoms. The number of thioether (sulfide) groups is 1. The summed E-state index contributed by atoms with van der Waals surface area (Å²) in [5.41, 5.74) is 2.46. The average molecular weight is 343 g/mol. The summed E-state index contributed by atoms with van der Waals surface area (Å²) >= 11 is 1.68. The molecule has 0 fully saturated rings. The highest BCUT2D eigenvalue weighted by molar-refractivity contribution is 8.00. The van der Waals surface area contributed by atoms with Gasteiger partial charge >= 0.3 is 0 Å². The lowest BCUT2D eigenvalue weighted by Crippen LogP contribution is -2.28. The molecule has 0 atom stereocenters. The molecule has 0 radical (unpaired) electrons. The van der Waals surface area contributed by atoms with E-state index >= 15 is 0 Å². The average Bonchev–Trinajstić information content (AvgIpc) is 2.61. The van der Waals surface area contributed by atoms with Crippen LogP contribution in [0.4, 0.5) is 0 Å². The third-order valence-corrected chi connectivity index (χ3v) is 5.00. The molecular weight excluding hydrogens is 316 g/mol. The van der Waals surface area contributed by atoms with E-state index in [4.69, 9.17) is 0 Å². The van der Waals surface area contributed by atoms with E-state index in [0.29, 0.717) is 5.75 Å². The summed E-state index contributed by atoms with van der Waals surface area (Å²) < 4.78 is 0. The fraction of sp³-hybridized carbons (Fsp3) is 0.350. The molecule has 0 heterocycles. The molecule has 0 aliphatic rings. The summed E-state index contributed by atoms with van der Waals surface area (Å²) in [6.45, 7) is 1.73. The first-order chi connectivity index (χ1) is 11.7. The molecule has 2 aromatic carbocycles. The fourth-order valence-electron chi connectivity index (χ4n) is 2.47. The molecule has 0 aromatic heterocycles. The van der Waals surface area contributed by atoms with Crippen LogP contribution in [0.15, 0.2) is 60.7 Å². The SMILES string of the molecule is CN(C)CCCNC(=O)CSC(c1ccccc1)c1ccccc1. The summed E-state index contributed by atoms with van der Waals surface area (Å²) in [6, 6.07) is 20.7. The van der Waals surface area contributed by atoms with Gasteiger partial charge in [0, 0.05) is 6.54 Å². The van der Waals surface area contributed by atoms with Gasteiger partial charge in [0.15, 0.2) is 0 Å². The Kier molecular flexibility index (Phi) is 7.86. The second-order valence-electron chi connectivity index (χ2n) is 6.02. The Hall–Kier alpha value is -1.78. The molecule has 1 N–H and O–H groups in total. The van der Waals surface area contributed by atoms with Crippen LogP contribution >= 0.6 is 11.8 Å². The zero-order chi connectivity index (χ0) is 17.2. The van der Waals surface area contributed by atoms with Gasteiger partial charge in [-0.2, -0.15) is 0 Å². The van der Waals surface area contributed by atoms with Crippen molar-refractivity contribution in [2.75, 3.05) is 32.9 Å². The van der Waals surface area contributed by atoms with Gasteiger partial charge in [-0.3, -0.25) is 4.79 Å². The molecule has 3 nitrogen and oxygen atoms in total. The molecule has 0 unspecified atom stereocenters. The second kappa shape index (κ2) is 10.2. The largest absolute Gasteiger partial charge is 0.355 e. The number of benzene rings is 2. The monoisotopic (exact) mass is 342 g/mol. The predicted octanol–water partition coefficient (Wildman–Crippen LogP) is 3.58. The standard InChI is InChI=1S/C20H26N2OS/c1-22(2)15-9-14-21-19(23)16-24-20(17-10-5-3-6-11-17)18-12-7-4-8-13-18/h3-8,10-13,20H,9,14-16H2,1-2H3,(H,21,23). The summed E-state index contributed by atoms with van der Waals surface area (Å²) in [5.74, 6) is 0.576. The van der Waals surface area contributed by atoms with Crippen molar-refractivity contribution in [3.05, 3.63) is 71.8 Å². The van der Waals surface area contributed by atoms with Crippen LogP contribution in [0.2, 0.25) is 0 Å². The second-order valence-corrected chi connectivity index (χ2v) is 7.11. The first kappa shape index (κ1) is 18.6. The fourth-order valence-corrected chi connectivity index (χ4v) is 3.59. The Labute approximate surface area is 149 Å². The number of rotatable bonds is 9. The van der Waals surface area contributed by atoms with Crippen LogP contribution < -0.4 is 5.32 Å². The molecule has 0 aliphatic heterocycles. The van der Waals surface area contributed by atoms with Crippen molar-refractivity contribution in [3.63, 3.8) is 0 Å². The quantitative estimate of drug-likeness (QED) is 0.707. The first-order valence-electron chi connectivity index (χ1n) is 8.29. The van der Waals surface area contributed by atoms with E-state index in [0.717, 1.165) is 19.5 Å². The van der Waals surface area contributed by atoms with Crippen LogP contribution in [0.25, 0.3) is 0 Å². The Bertz CT molecular complexity index is 562. The number of carbonyl (C=O) groups is 1. The lowest BCUT2D eigenvalue weighted by atomic mass is 10.0. The molecular formula is C20H26N2OS. The van der Waals surface area contributed by atoms with Crippen LogP contribution in [0.1, 0.15) is 22.8 Å². The molecule has 2 aromatic rings. The van der Waals surface area contributed by atoms with Gasteiger partial charge in [0.2, 0.25) is 5.91 Å². The van der Waals surface area contributed by atoms with E-state index in [2.05, 4.69) is 34.5 Å². The van der Waals surface area contributed by atoms with Gasteiger partial charge in [0.25, 0.3) is 0 Å². The molecule has 1 amide bonds. The Morgan fingerprint density at radius 3 is 2.04 bits per heavy atom. The number of hydrogen-bond acceptors (Lipinski definition) is 3. The third-order valence-electron chi connectivity index (χ3n) is 3.69. The molecule has 128 valence electrons. The highest BCUT2D eigenvalue weighted by Crippen LogP contribution is 2.35. The van der Waals surface area contributed by atoms with Gasteiger partial charge in [-0.05, 0) is 38.2 Å². The minimum atomic E-state index is 0.107. The lowest BCUT2D eigenvalue weighted by molar-refractivity contribution is -0.118. The van der Waals surface area contributed by atoms with Crippen LogP contribution in [-0.4, -0.2) is 43.7 Å². The molecule has 0 saturated carbocycles. The van der Waals surface area contributed by atoms with Crippen molar-refractivity contribution >= 4 is 17.7 Å². The van der Waals surface area contributed by atoms with E-state index in [-0.39, 0.29) is 11.2 Å². The van der Waals surface area contributed by atoms with Crippen molar-refractivity contribution < 1.29 is 4.79 Å². The molecule has 0 saturated heterocycles. The van der Waals surface area contributed by atoms with E-state index in [1.807, 2.05) is 50.5 Å². The predicted molar refractivity (Wildman–Crippen MR) is 103 cm³/mol. The smallest absolute Gasteiger partial charge is 0.230 e. The van der Waals surface area contributed by atoms with Crippen LogP contribution in [-0.2, 0) is 4.79 Å². The van der Waals surface area contributed by atoms with Gasteiger partial charge in [-0.15, -0.1) is 11.8 Å². The number of nitrogens with one attached hydrogen (secondary N) is 1. The van der Waals surface area contributed by atoms with Crippen molar-refractivity contribution in [1.29, 1.82) is 0 Å². The number of nitrogens with zero attached hydrogens (tertiary/aromatic N) is 1. The van der Waals surface area contributed by atoms with E-state index < -0.39 is 0 Å². The first-order valence-corrected chi connectivity index (χ1v) is 9.34. The van der Waals surface area contributed by atoms with Crippen LogP contribution in [0.5, 0.6) is 0 Å². The lowest BCUT2D eigenvalue weighted by Gasteiger charge is -2.17. The molecule has 2 rings (SSSR count). The molecule has 4 heteroatoms. The molecule has 0 aliphatic carbocycles.